The van der Waals surface area contributed by atoms with E-state index in [0.29, 0.717) is 12.2 Å². The zero-order valence-corrected chi connectivity index (χ0v) is 15.3. The first-order valence-corrected chi connectivity index (χ1v) is 8.66. The molecule has 26 heavy (non-hydrogen) atoms. The summed E-state index contributed by atoms with van der Waals surface area (Å²) in [4.78, 5) is 25.9. The number of hydrogen-bond acceptors (Lipinski definition) is 3. The van der Waals surface area contributed by atoms with Crippen LogP contribution in [0.5, 0.6) is 0 Å². The van der Waals surface area contributed by atoms with E-state index < -0.39 is 11.1 Å². The molecule has 0 radical (unpaired) electrons. The quantitative estimate of drug-likeness (QED) is 0.728. The molecular weight excluding hydrogens is 326 g/mol. The molecule has 0 N–H and O–H groups in total. The van der Waals surface area contributed by atoms with Gasteiger partial charge in [0, 0.05) is 5.41 Å². The van der Waals surface area contributed by atoms with Crippen LogP contribution in [0.25, 0.3) is 0 Å². The first-order valence-electron chi connectivity index (χ1n) is 8.66. The molecule has 0 bridgehead atoms. The van der Waals surface area contributed by atoms with E-state index in [0.717, 1.165) is 11.1 Å². The summed E-state index contributed by atoms with van der Waals surface area (Å²) in [5, 5.41) is 4.41. The first kappa shape index (κ1) is 17.9. The van der Waals surface area contributed by atoms with E-state index in [1.54, 1.807) is 0 Å². The lowest BCUT2D eigenvalue weighted by Crippen LogP contribution is -2.46. The van der Waals surface area contributed by atoms with Gasteiger partial charge in [0.25, 0.3) is 5.56 Å². The van der Waals surface area contributed by atoms with Gasteiger partial charge in [-0.05, 0) is 11.1 Å². The third-order valence-corrected chi connectivity index (χ3v) is 4.19. The molecule has 0 unspecified atom stereocenters. The zero-order chi connectivity index (χ0) is 18.7. The number of aromatic nitrogens is 3. The van der Waals surface area contributed by atoms with Crippen molar-refractivity contribution in [1.82, 2.24) is 14.3 Å². The van der Waals surface area contributed by atoms with Crippen LogP contribution in [0.1, 0.15) is 37.6 Å². The van der Waals surface area contributed by atoms with Crippen LogP contribution >= 0.6 is 0 Å². The fourth-order valence-electron chi connectivity index (χ4n) is 2.80. The maximum Gasteiger partial charge on any atom is 0.348 e. The van der Waals surface area contributed by atoms with E-state index in [-0.39, 0.29) is 12.1 Å². The summed E-state index contributed by atoms with van der Waals surface area (Å²) < 4.78 is 2.67. The lowest BCUT2D eigenvalue weighted by atomic mass is 9.92. The minimum Gasteiger partial charge on any atom is -0.267 e. The van der Waals surface area contributed by atoms with Gasteiger partial charge < -0.3 is 0 Å². The normalized spacial score (nSPS) is 11.5. The predicted molar refractivity (Wildman–Crippen MR) is 103 cm³/mol. The Morgan fingerprint density at radius 1 is 0.808 bits per heavy atom. The van der Waals surface area contributed by atoms with Gasteiger partial charge in [-0.2, -0.15) is 5.10 Å². The summed E-state index contributed by atoms with van der Waals surface area (Å²) in [7, 11) is 0. The van der Waals surface area contributed by atoms with Crippen molar-refractivity contribution in [2.24, 2.45) is 0 Å². The Hall–Kier alpha value is -2.95. The number of nitrogens with zero attached hydrogens (tertiary/aromatic N) is 3. The molecule has 134 valence electrons. The van der Waals surface area contributed by atoms with E-state index in [4.69, 9.17) is 0 Å². The SMILES string of the molecule is CC(C)(C)c1nn(Cc2ccccc2)c(=O)n(Cc2ccccc2)c1=O. The Kier molecular flexibility index (Phi) is 4.89. The van der Waals surface area contributed by atoms with Crippen LogP contribution in [-0.2, 0) is 18.5 Å². The van der Waals surface area contributed by atoms with Crippen molar-refractivity contribution in [2.45, 2.75) is 39.3 Å². The van der Waals surface area contributed by atoms with Gasteiger partial charge in [-0.15, -0.1) is 0 Å². The second-order valence-corrected chi connectivity index (χ2v) is 7.40. The van der Waals surface area contributed by atoms with Crippen molar-refractivity contribution in [2.75, 3.05) is 0 Å². The van der Waals surface area contributed by atoms with Crippen molar-refractivity contribution >= 4 is 0 Å². The maximum atomic E-state index is 12.9. The summed E-state index contributed by atoms with van der Waals surface area (Å²) in [5.74, 6) is 0. The fourth-order valence-corrected chi connectivity index (χ4v) is 2.80. The van der Waals surface area contributed by atoms with Gasteiger partial charge in [-0.1, -0.05) is 81.4 Å². The van der Waals surface area contributed by atoms with Gasteiger partial charge in [0.15, 0.2) is 0 Å². The second-order valence-electron chi connectivity index (χ2n) is 7.40. The van der Waals surface area contributed by atoms with E-state index in [1.165, 1.54) is 9.25 Å². The van der Waals surface area contributed by atoms with E-state index in [1.807, 2.05) is 81.4 Å². The van der Waals surface area contributed by atoms with Crippen LogP contribution in [0.4, 0.5) is 0 Å². The van der Waals surface area contributed by atoms with Gasteiger partial charge in [0.1, 0.15) is 5.69 Å². The largest absolute Gasteiger partial charge is 0.348 e. The van der Waals surface area contributed by atoms with Gasteiger partial charge in [-0.3, -0.25) is 9.36 Å². The molecule has 1 aromatic heterocycles. The lowest BCUT2D eigenvalue weighted by Gasteiger charge is -2.20. The van der Waals surface area contributed by atoms with Crippen LogP contribution < -0.4 is 11.2 Å². The molecule has 3 aromatic rings. The molecule has 0 aliphatic carbocycles. The molecule has 1 heterocycles. The Labute approximate surface area is 152 Å². The highest BCUT2D eigenvalue weighted by atomic mass is 16.2. The Bertz CT molecular complexity index is 997. The molecule has 2 aromatic carbocycles. The average Bonchev–Trinajstić information content (AvgIpc) is 2.62. The minimum atomic E-state index is -0.457. The highest BCUT2D eigenvalue weighted by Crippen LogP contribution is 2.15. The molecule has 0 saturated carbocycles. The monoisotopic (exact) mass is 349 g/mol. The van der Waals surface area contributed by atoms with Gasteiger partial charge in [-0.25, -0.2) is 9.48 Å². The molecule has 3 rings (SSSR count). The van der Waals surface area contributed by atoms with Gasteiger partial charge in [0.2, 0.25) is 0 Å². The molecule has 0 atom stereocenters. The highest BCUT2D eigenvalue weighted by Gasteiger charge is 2.24. The fraction of sp³-hybridized carbons (Fsp3) is 0.286. The van der Waals surface area contributed by atoms with Crippen LogP contribution in [0, 0.1) is 0 Å². The van der Waals surface area contributed by atoms with E-state index in [9.17, 15) is 9.59 Å². The van der Waals surface area contributed by atoms with Crippen LogP contribution in [-0.4, -0.2) is 14.3 Å². The van der Waals surface area contributed by atoms with Crippen LogP contribution in [0.2, 0.25) is 0 Å². The molecule has 0 aliphatic rings. The molecule has 0 amide bonds. The summed E-state index contributed by atoms with van der Waals surface area (Å²) in [6, 6.07) is 19.2. The van der Waals surface area contributed by atoms with Gasteiger partial charge in [0.05, 0.1) is 13.1 Å². The van der Waals surface area contributed by atoms with E-state index in [2.05, 4.69) is 5.10 Å². The second kappa shape index (κ2) is 7.12. The van der Waals surface area contributed by atoms with Crippen molar-refractivity contribution in [3.05, 3.63) is 98.3 Å². The third-order valence-electron chi connectivity index (χ3n) is 4.19. The van der Waals surface area contributed by atoms with Gasteiger partial charge >= 0.3 is 5.69 Å². The smallest absolute Gasteiger partial charge is 0.267 e. The predicted octanol–water partition coefficient (Wildman–Crippen LogP) is 2.80. The summed E-state index contributed by atoms with van der Waals surface area (Å²) in [6.45, 7) is 6.36. The van der Waals surface area contributed by atoms with Crippen molar-refractivity contribution < 1.29 is 0 Å². The summed E-state index contributed by atoms with van der Waals surface area (Å²) in [6.07, 6.45) is 0. The molecular formula is C21H23N3O2. The minimum absolute atomic E-state index is 0.235. The molecule has 0 fully saturated rings. The standard InChI is InChI=1S/C21H23N3O2/c1-21(2,3)18-19(25)23(14-16-10-6-4-7-11-16)20(26)24(22-18)15-17-12-8-5-9-13-17/h4-13H,14-15H2,1-3H3. The zero-order valence-electron chi connectivity index (χ0n) is 15.3. The Morgan fingerprint density at radius 3 is 1.81 bits per heavy atom. The van der Waals surface area contributed by atoms with Crippen molar-refractivity contribution in [1.29, 1.82) is 0 Å². The number of hydrogen-bond donors (Lipinski definition) is 0. The Morgan fingerprint density at radius 2 is 1.31 bits per heavy atom. The van der Waals surface area contributed by atoms with E-state index >= 15 is 0 Å². The number of rotatable bonds is 4. The molecule has 0 saturated heterocycles. The van der Waals surface area contributed by atoms with Crippen molar-refractivity contribution in [3.63, 3.8) is 0 Å². The molecule has 5 heteroatoms. The molecule has 0 spiro atoms. The maximum absolute atomic E-state index is 12.9. The third kappa shape index (κ3) is 3.82. The molecule has 5 nitrogen and oxygen atoms in total. The average molecular weight is 349 g/mol. The molecule has 0 aliphatic heterocycles. The van der Waals surface area contributed by atoms with Crippen LogP contribution in [0.3, 0.4) is 0 Å². The Balaban J connectivity index is 2.14. The first-order chi connectivity index (χ1) is 12.4. The highest BCUT2D eigenvalue weighted by molar-refractivity contribution is 5.17. The number of benzene rings is 2. The lowest BCUT2D eigenvalue weighted by molar-refractivity contribution is 0.464. The topological polar surface area (TPSA) is 56.9 Å². The van der Waals surface area contributed by atoms with Crippen molar-refractivity contribution in [3.8, 4) is 0 Å². The summed E-state index contributed by atoms with van der Waals surface area (Å²) in [5.41, 5.74) is 1.09. The summed E-state index contributed by atoms with van der Waals surface area (Å²) >= 11 is 0. The van der Waals surface area contributed by atoms with Crippen LogP contribution in [0.15, 0.2) is 70.3 Å².